The number of carbonyl (C=O) groups excluding carboxylic acids is 1. The molecule has 0 aromatic heterocycles. The van der Waals surface area contributed by atoms with Crippen LogP contribution < -0.4 is 10.1 Å². The first-order valence-corrected chi connectivity index (χ1v) is 9.36. The van der Waals surface area contributed by atoms with Crippen LogP contribution in [0.3, 0.4) is 0 Å². The number of benzene rings is 2. The SMILES string of the molecule is C=CCc1cc(/C=C(/C#N)C(=O)NC(C)C)ccc1OCc1ccc([N+](=O)[O-])cc1. The van der Waals surface area contributed by atoms with E-state index in [4.69, 9.17) is 4.74 Å². The van der Waals surface area contributed by atoms with Crippen LogP contribution in [0.4, 0.5) is 5.69 Å². The van der Waals surface area contributed by atoms with E-state index < -0.39 is 10.8 Å². The highest BCUT2D eigenvalue weighted by molar-refractivity contribution is 6.01. The molecule has 0 bridgehead atoms. The van der Waals surface area contributed by atoms with Gasteiger partial charge in [0.15, 0.2) is 0 Å². The third-order valence-corrected chi connectivity index (χ3v) is 4.09. The summed E-state index contributed by atoms with van der Waals surface area (Å²) in [4.78, 5) is 22.4. The fourth-order valence-corrected chi connectivity index (χ4v) is 2.68. The van der Waals surface area contributed by atoms with Crippen molar-refractivity contribution in [3.05, 3.63) is 87.5 Å². The van der Waals surface area contributed by atoms with E-state index in [9.17, 15) is 20.2 Å². The van der Waals surface area contributed by atoms with Gasteiger partial charge in [-0.2, -0.15) is 5.26 Å². The molecular formula is C23H23N3O4. The summed E-state index contributed by atoms with van der Waals surface area (Å²) in [5, 5.41) is 22.7. The second-order valence-electron chi connectivity index (χ2n) is 6.87. The van der Waals surface area contributed by atoms with Crippen LogP contribution in [0.2, 0.25) is 0 Å². The molecule has 30 heavy (non-hydrogen) atoms. The van der Waals surface area contributed by atoms with Gasteiger partial charge in [-0.25, -0.2) is 0 Å². The molecule has 0 saturated heterocycles. The van der Waals surface area contributed by atoms with Gasteiger partial charge in [-0.05, 0) is 67.3 Å². The van der Waals surface area contributed by atoms with E-state index in [1.165, 1.54) is 18.2 Å². The Morgan fingerprint density at radius 1 is 1.30 bits per heavy atom. The fraction of sp³-hybridized carbons (Fsp3) is 0.217. The molecule has 154 valence electrons. The van der Waals surface area contributed by atoms with Crippen LogP contribution in [0.1, 0.15) is 30.5 Å². The number of ether oxygens (including phenoxy) is 1. The monoisotopic (exact) mass is 405 g/mol. The van der Waals surface area contributed by atoms with E-state index in [0.29, 0.717) is 17.7 Å². The Labute approximate surface area is 175 Å². The molecule has 0 aliphatic heterocycles. The molecular weight excluding hydrogens is 382 g/mol. The lowest BCUT2D eigenvalue weighted by Gasteiger charge is -2.12. The summed E-state index contributed by atoms with van der Waals surface area (Å²) in [6.45, 7) is 7.66. The molecule has 0 fully saturated rings. The molecule has 0 heterocycles. The van der Waals surface area contributed by atoms with E-state index in [2.05, 4.69) is 11.9 Å². The van der Waals surface area contributed by atoms with Crippen LogP contribution in [-0.4, -0.2) is 16.9 Å². The summed E-state index contributed by atoms with van der Waals surface area (Å²) in [5.74, 6) is 0.215. The van der Waals surface area contributed by atoms with Crippen molar-refractivity contribution in [1.29, 1.82) is 5.26 Å². The van der Waals surface area contributed by atoms with Crippen LogP contribution >= 0.6 is 0 Å². The summed E-state index contributed by atoms with van der Waals surface area (Å²) in [6.07, 6.45) is 3.81. The minimum Gasteiger partial charge on any atom is -0.489 e. The van der Waals surface area contributed by atoms with E-state index >= 15 is 0 Å². The molecule has 0 radical (unpaired) electrons. The molecule has 0 atom stereocenters. The normalized spacial score (nSPS) is 10.9. The van der Waals surface area contributed by atoms with Crippen molar-refractivity contribution in [2.75, 3.05) is 0 Å². The Hall–Kier alpha value is -3.92. The van der Waals surface area contributed by atoms with Crippen molar-refractivity contribution in [3.63, 3.8) is 0 Å². The highest BCUT2D eigenvalue weighted by Gasteiger charge is 2.11. The number of hydrogen-bond donors (Lipinski definition) is 1. The molecule has 7 nitrogen and oxygen atoms in total. The van der Waals surface area contributed by atoms with Crippen LogP contribution in [0.5, 0.6) is 5.75 Å². The van der Waals surface area contributed by atoms with Crippen LogP contribution in [0.15, 0.2) is 60.7 Å². The fourth-order valence-electron chi connectivity index (χ4n) is 2.68. The maximum atomic E-state index is 12.1. The second-order valence-corrected chi connectivity index (χ2v) is 6.87. The number of nitro benzene ring substituents is 1. The number of carbonyl (C=O) groups is 1. The first-order valence-electron chi connectivity index (χ1n) is 9.36. The average molecular weight is 405 g/mol. The standard InChI is InChI=1S/C23H23N3O4/c1-4-5-19-12-18(13-20(14-24)23(27)25-16(2)3)8-11-22(19)30-15-17-6-9-21(10-7-17)26(28)29/h4,6-13,16H,1,5,15H2,2-3H3,(H,25,27)/b20-13-. The second kappa shape index (κ2) is 10.6. The van der Waals surface area contributed by atoms with Gasteiger partial charge in [0.05, 0.1) is 4.92 Å². The van der Waals surface area contributed by atoms with E-state index in [1.807, 2.05) is 26.0 Å². The number of nitrogens with one attached hydrogen (secondary N) is 1. The molecule has 2 aromatic carbocycles. The topological polar surface area (TPSA) is 105 Å². The van der Waals surface area contributed by atoms with Gasteiger partial charge in [0.1, 0.15) is 24.0 Å². The van der Waals surface area contributed by atoms with Crippen molar-refractivity contribution in [2.45, 2.75) is 32.9 Å². The summed E-state index contributed by atoms with van der Waals surface area (Å²) in [6, 6.07) is 13.4. The Morgan fingerprint density at radius 2 is 2.00 bits per heavy atom. The van der Waals surface area contributed by atoms with Crippen molar-refractivity contribution in [3.8, 4) is 11.8 Å². The van der Waals surface area contributed by atoms with Gasteiger partial charge in [-0.3, -0.25) is 14.9 Å². The zero-order valence-corrected chi connectivity index (χ0v) is 16.9. The summed E-state index contributed by atoms with van der Waals surface area (Å²) >= 11 is 0. The maximum absolute atomic E-state index is 12.1. The summed E-state index contributed by atoms with van der Waals surface area (Å²) in [5.41, 5.74) is 2.39. The number of rotatable bonds is 9. The summed E-state index contributed by atoms with van der Waals surface area (Å²) < 4.78 is 5.88. The zero-order valence-electron chi connectivity index (χ0n) is 16.9. The molecule has 2 rings (SSSR count). The van der Waals surface area contributed by atoms with Gasteiger partial charge in [0, 0.05) is 18.2 Å². The smallest absolute Gasteiger partial charge is 0.269 e. The zero-order chi connectivity index (χ0) is 22.1. The first-order chi connectivity index (χ1) is 14.3. The van der Waals surface area contributed by atoms with Gasteiger partial charge in [-0.1, -0.05) is 12.1 Å². The Kier molecular flexibility index (Phi) is 7.89. The van der Waals surface area contributed by atoms with Crippen LogP contribution in [-0.2, 0) is 17.8 Å². The molecule has 0 saturated carbocycles. The Balaban J connectivity index is 2.20. The predicted molar refractivity (Wildman–Crippen MR) is 115 cm³/mol. The van der Waals surface area contributed by atoms with Gasteiger partial charge < -0.3 is 10.1 Å². The number of hydrogen-bond acceptors (Lipinski definition) is 5. The molecule has 0 aliphatic carbocycles. The average Bonchev–Trinajstić information content (AvgIpc) is 2.71. The largest absolute Gasteiger partial charge is 0.489 e. The highest BCUT2D eigenvalue weighted by Crippen LogP contribution is 2.24. The van der Waals surface area contributed by atoms with Crippen molar-refractivity contribution in [1.82, 2.24) is 5.32 Å². The van der Waals surface area contributed by atoms with E-state index in [0.717, 1.165) is 11.1 Å². The number of nitro groups is 1. The lowest BCUT2D eigenvalue weighted by Crippen LogP contribution is -2.30. The van der Waals surface area contributed by atoms with Crippen LogP contribution in [0.25, 0.3) is 6.08 Å². The quantitative estimate of drug-likeness (QED) is 0.220. The number of non-ortho nitro benzene ring substituents is 1. The van der Waals surface area contributed by atoms with Gasteiger partial charge in [-0.15, -0.1) is 6.58 Å². The lowest BCUT2D eigenvalue weighted by molar-refractivity contribution is -0.384. The molecule has 0 unspecified atom stereocenters. The third-order valence-electron chi connectivity index (χ3n) is 4.09. The van der Waals surface area contributed by atoms with E-state index in [1.54, 1.807) is 30.3 Å². The maximum Gasteiger partial charge on any atom is 0.269 e. The Bertz CT molecular complexity index is 1000. The van der Waals surface area contributed by atoms with Crippen molar-refractivity contribution >= 4 is 17.7 Å². The number of amides is 1. The molecule has 1 amide bonds. The van der Waals surface area contributed by atoms with Crippen molar-refractivity contribution in [2.24, 2.45) is 0 Å². The van der Waals surface area contributed by atoms with Gasteiger partial charge in [0.2, 0.25) is 0 Å². The highest BCUT2D eigenvalue weighted by atomic mass is 16.6. The third kappa shape index (κ3) is 6.31. The van der Waals surface area contributed by atoms with Gasteiger partial charge in [0.25, 0.3) is 11.6 Å². The number of allylic oxidation sites excluding steroid dienone is 1. The predicted octanol–water partition coefficient (Wildman–Crippen LogP) is 4.33. The van der Waals surface area contributed by atoms with Gasteiger partial charge >= 0.3 is 0 Å². The molecule has 1 N–H and O–H groups in total. The van der Waals surface area contributed by atoms with Crippen LogP contribution in [0, 0.1) is 21.4 Å². The molecule has 0 aliphatic rings. The Morgan fingerprint density at radius 3 is 2.57 bits per heavy atom. The summed E-state index contributed by atoms with van der Waals surface area (Å²) in [7, 11) is 0. The van der Waals surface area contributed by atoms with Crippen molar-refractivity contribution < 1.29 is 14.5 Å². The number of nitriles is 1. The minimum atomic E-state index is -0.448. The lowest BCUT2D eigenvalue weighted by atomic mass is 10.0. The van der Waals surface area contributed by atoms with E-state index in [-0.39, 0.29) is 23.9 Å². The molecule has 7 heteroatoms. The molecule has 0 spiro atoms. The first kappa shape index (κ1) is 22.4. The number of nitrogens with zero attached hydrogens (tertiary/aromatic N) is 2. The molecule has 2 aromatic rings. The minimum absolute atomic E-state index is 0.0211.